The van der Waals surface area contributed by atoms with Crippen LogP contribution < -0.4 is 5.32 Å². The number of hydrogen-bond acceptors (Lipinski definition) is 5. The number of non-ortho nitro benzene ring substituents is 1. The van der Waals surface area contributed by atoms with Gasteiger partial charge in [0, 0.05) is 12.1 Å². The molecular formula is C10H10ClN3O5. The van der Waals surface area contributed by atoms with Gasteiger partial charge in [-0.05, 0) is 13.8 Å². The highest BCUT2D eigenvalue weighted by atomic mass is 35.5. The lowest BCUT2D eigenvalue weighted by atomic mass is 10.1. The quantitative estimate of drug-likeness (QED) is 0.673. The van der Waals surface area contributed by atoms with Crippen LogP contribution in [0.2, 0.25) is 5.02 Å². The smallest absolute Gasteiger partial charge is 0.295 e. The Morgan fingerprint density at radius 3 is 2.26 bits per heavy atom. The van der Waals surface area contributed by atoms with Crippen LogP contribution in [-0.2, 0) is 0 Å². The molecule has 0 radical (unpaired) electrons. The monoisotopic (exact) mass is 287 g/mol. The minimum Gasteiger partial charge on any atom is -0.350 e. The third-order valence-corrected chi connectivity index (χ3v) is 2.51. The van der Waals surface area contributed by atoms with Crippen molar-refractivity contribution in [3.05, 3.63) is 42.9 Å². The molecule has 0 saturated carbocycles. The van der Waals surface area contributed by atoms with E-state index < -0.39 is 32.2 Å². The van der Waals surface area contributed by atoms with Crippen LogP contribution in [0.25, 0.3) is 0 Å². The number of nitro benzene ring substituents is 2. The van der Waals surface area contributed by atoms with E-state index in [-0.39, 0.29) is 11.6 Å². The van der Waals surface area contributed by atoms with Crippen LogP contribution in [-0.4, -0.2) is 21.8 Å². The zero-order valence-corrected chi connectivity index (χ0v) is 10.8. The number of amides is 1. The summed E-state index contributed by atoms with van der Waals surface area (Å²) in [6, 6.07) is 1.39. The zero-order valence-electron chi connectivity index (χ0n) is 10.0. The predicted molar refractivity (Wildman–Crippen MR) is 67.4 cm³/mol. The highest BCUT2D eigenvalue weighted by molar-refractivity contribution is 6.36. The normalized spacial score (nSPS) is 10.3. The molecule has 8 nitrogen and oxygen atoms in total. The summed E-state index contributed by atoms with van der Waals surface area (Å²) < 4.78 is 0. The van der Waals surface area contributed by atoms with Crippen molar-refractivity contribution < 1.29 is 14.6 Å². The van der Waals surface area contributed by atoms with Crippen molar-refractivity contribution in [2.45, 2.75) is 19.9 Å². The van der Waals surface area contributed by atoms with Gasteiger partial charge in [-0.2, -0.15) is 0 Å². The van der Waals surface area contributed by atoms with E-state index in [1.165, 1.54) is 0 Å². The first-order valence-electron chi connectivity index (χ1n) is 5.17. The Hall–Kier alpha value is -2.22. The molecule has 9 heteroatoms. The van der Waals surface area contributed by atoms with E-state index in [0.29, 0.717) is 6.07 Å². The van der Waals surface area contributed by atoms with E-state index >= 15 is 0 Å². The molecule has 1 aromatic rings. The van der Waals surface area contributed by atoms with Crippen LogP contribution >= 0.6 is 11.6 Å². The third-order valence-electron chi connectivity index (χ3n) is 2.11. The maximum atomic E-state index is 11.8. The summed E-state index contributed by atoms with van der Waals surface area (Å²) in [5.74, 6) is -0.702. The minimum absolute atomic E-state index is 0.234. The lowest BCUT2D eigenvalue weighted by molar-refractivity contribution is -0.394. The first kappa shape index (κ1) is 14.8. The Morgan fingerprint density at radius 1 is 1.26 bits per heavy atom. The average molecular weight is 288 g/mol. The number of carbonyl (C=O) groups excluding carboxylic acids is 1. The molecule has 102 valence electrons. The standard InChI is InChI=1S/C10H10ClN3O5/c1-5(2)12-10(15)7-3-6(13(16)17)4-8(9(7)11)14(18)19/h3-5H,1-2H3,(H,12,15). The van der Waals surface area contributed by atoms with Gasteiger partial charge in [-0.25, -0.2) is 0 Å². The third kappa shape index (κ3) is 3.38. The van der Waals surface area contributed by atoms with Crippen LogP contribution in [0, 0.1) is 20.2 Å². The predicted octanol–water partition coefficient (Wildman–Crippen LogP) is 2.29. The fraction of sp³-hybridized carbons (Fsp3) is 0.300. The first-order chi connectivity index (χ1) is 8.73. The van der Waals surface area contributed by atoms with Gasteiger partial charge >= 0.3 is 0 Å². The van der Waals surface area contributed by atoms with Gasteiger partial charge in [0.1, 0.15) is 5.02 Å². The summed E-state index contributed by atoms with van der Waals surface area (Å²) in [4.78, 5) is 31.5. The molecule has 1 N–H and O–H groups in total. The van der Waals surface area contributed by atoms with Gasteiger partial charge in [0.25, 0.3) is 17.3 Å². The maximum Gasteiger partial charge on any atom is 0.295 e. The number of nitro groups is 2. The second kappa shape index (κ2) is 5.61. The van der Waals surface area contributed by atoms with Crippen LogP contribution in [0.1, 0.15) is 24.2 Å². The molecule has 0 bridgehead atoms. The molecule has 0 saturated heterocycles. The van der Waals surface area contributed by atoms with Gasteiger partial charge in [0.2, 0.25) is 0 Å². The summed E-state index contributed by atoms with van der Waals surface area (Å²) in [6.45, 7) is 3.36. The van der Waals surface area contributed by atoms with Gasteiger partial charge in [-0.1, -0.05) is 11.6 Å². The average Bonchev–Trinajstić information content (AvgIpc) is 2.27. The number of carbonyl (C=O) groups is 1. The fourth-order valence-corrected chi connectivity index (χ4v) is 1.60. The topological polar surface area (TPSA) is 115 Å². The molecule has 0 unspecified atom stereocenters. The van der Waals surface area contributed by atoms with Gasteiger partial charge in [0.15, 0.2) is 0 Å². The van der Waals surface area contributed by atoms with Crippen molar-refractivity contribution in [1.82, 2.24) is 5.32 Å². The van der Waals surface area contributed by atoms with Crippen molar-refractivity contribution >= 4 is 28.9 Å². The van der Waals surface area contributed by atoms with Gasteiger partial charge in [-0.15, -0.1) is 0 Å². The molecule has 0 heterocycles. The Kier molecular flexibility index (Phi) is 4.38. The van der Waals surface area contributed by atoms with E-state index in [0.717, 1.165) is 6.07 Å². The number of benzene rings is 1. The Labute approximate surface area is 112 Å². The highest BCUT2D eigenvalue weighted by Gasteiger charge is 2.26. The van der Waals surface area contributed by atoms with Crippen LogP contribution in [0.3, 0.4) is 0 Å². The van der Waals surface area contributed by atoms with E-state index in [9.17, 15) is 25.0 Å². The number of hydrogen-bond donors (Lipinski definition) is 1. The second-order valence-corrected chi connectivity index (χ2v) is 4.35. The van der Waals surface area contributed by atoms with Crippen molar-refractivity contribution in [2.75, 3.05) is 0 Å². The van der Waals surface area contributed by atoms with Crippen LogP contribution in [0.4, 0.5) is 11.4 Å². The lowest BCUT2D eigenvalue weighted by Crippen LogP contribution is -2.30. The molecule has 0 atom stereocenters. The number of nitrogens with one attached hydrogen (secondary N) is 1. The largest absolute Gasteiger partial charge is 0.350 e. The Morgan fingerprint density at radius 2 is 1.84 bits per heavy atom. The van der Waals surface area contributed by atoms with Crippen molar-refractivity contribution in [1.29, 1.82) is 0 Å². The summed E-state index contributed by atoms with van der Waals surface area (Å²) >= 11 is 5.73. The molecule has 19 heavy (non-hydrogen) atoms. The number of nitrogens with zero attached hydrogens (tertiary/aromatic N) is 2. The van der Waals surface area contributed by atoms with Crippen LogP contribution in [0.5, 0.6) is 0 Å². The fourth-order valence-electron chi connectivity index (χ4n) is 1.34. The van der Waals surface area contributed by atoms with Crippen molar-refractivity contribution in [2.24, 2.45) is 0 Å². The maximum absolute atomic E-state index is 11.8. The molecule has 1 aromatic carbocycles. The molecule has 0 aliphatic heterocycles. The molecular weight excluding hydrogens is 278 g/mol. The van der Waals surface area contributed by atoms with E-state index in [1.54, 1.807) is 13.8 Å². The molecule has 0 aromatic heterocycles. The number of halogens is 1. The Bertz CT molecular complexity index is 558. The van der Waals surface area contributed by atoms with Gasteiger partial charge in [-0.3, -0.25) is 25.0 Å². The zero-order chi connectivity index (χ0) is 14.7. The summed E-state index contributed by atoms with van der Waals surface area (Å²) in [6.07, 6.45) is 0. The molecule has 0 fully saturated rings. The van der Waals surface area contributed by atoms with Gasteiger partial charge < -0.3 is 5.32 Å². The van der Waals surface area contributed by atoms with E-state index in [1.807, 2.05) is 0 Å². The SMILES string of the molecule is CC(C)NC(=O)c1cc([N+](=O)[O-])cc([N+](=O)[O-])c1Cl. The minimum atomic E-state index is -0.874. The van der Waals surface area contributed by atoms with Crippen molar-refractivity contribution in [3.63, 3.8) is 0 Å². The summed E-state index contributed by atoms with van der Waals surface area (Å²) in [7, 11) is 0. The Balaban J connectivity index is 3.41. The molecule has 0 spiro atoms. The second-order valence-electron chi connectivity index (χ2n) is 3.97. The first-order valence-corrected chi connectivity index (χ1v) is 5.55. The van der Waals surface area contributed by atoms with Gasteiger partial charge in [0.05, 0.1) is 21.5 Å². The molecule has 1 rings (SSSR count). The highest BCUT2D eigenvalue weighted by Crippen LogP contribution is 2.32. The summed E-state index contributed by atoms with van der Waals surface area (Å²) in [5, 5.41) is 23.5. The van der Waals surface area contributed by atoms with E-state index in [2.05, 4.69) is 5.32 Å². The van der Waals surface area contributed by atoms with E-state index in [4.69, 9.17) is 11.6 Å². The van der Waals surface area contributed by atoms with Crippen molar-refractivity contribution in [3.8, 4) is 0 Å². The molecule has 0 aliphatic rings. The summed E-state index contributed by atoms with van der Waals surface area (Å²) in [5.41, 5.74) is -1.54. The van der Waals surface area contributed by atoms with Crippen LogP contribution in [0.15, 0.2) is 12.1 Å². The lowest BCUT2D eigenvalue weighted by Gasteiger charge is -2.09. The number of rotatable bonds is 4. The molecule has 1 amide bonds. The molecule has 0 aliphatic carbocycles.